The number of rotatable bonds is 4. The van der Waals surface area contributed by atoms with Crippen LogP contribution in [0.5, 0.6) is 0 Å². The molecule has 0 radical (unpaired) electrons. The van der Waals surface area contributed by atoms with Gasteiger partial charge in [0.25, 0.3) is 0 Å². The normalized spacial score (nSPS) is 10.4. The van der Waals surface area contributed by atoms with E-state index in [1.807, 2.05) is 0 Å². The fourth-order valence-corrected chi connectivity index (χ4v) is 2.01. The van der Waals surface area contributed by atoms with Crippen LogP contribution in [0.2, 0.25) is 0 Å². The summed E-state index contributed by atoms with van der Waals surface area (Å²) in [6.07, 6.45) is 0. The van der Waals surface area contributed by atoms with Crippen molar-refractivity contribution >= 4 is 23.4 Å². The van der Waals surface area contributed by atoms with E-state index in [4.69, 9.17) is 5.84 Å². The van der Waals surface area contributed by atoms with E-state index in [1.54, 1.807) is 6.92 Å². The summed E-state index contributed by atoms with van der Waals surface area (Å²) in [7, 11) is 0. The minimum absolute atomic E-state index is 0.146. The molecule has 1 amide bonds. The molecule has 0 spiro atoms. The smallest absolute Gasteiger partial charge is 0.234 e. The van der Waals surface area contributed by atoms with Crippen LogP contribution in [0, 0.1) is 12.7 Å². The summed E-state index contributed by atoms with van der Waals surface area (Å²) in [6, 6.07) is 5.55. The lowest BCUT2D eigenvalue weighted by atomic mass is 10.3. The van der Waals surface area contributed by atoms with Crippen LogP contribution < -0.4 is 11.2 Å². The Morgan fingerprint density at radius 3 is 2.68 bits per heavy atom. The fourth-order valence-electron chi connectivity index (χ4n) is 1.31. The number of thioether (sulfide) groups is 1. The second-order valence-corrected chi connectivity index (χ2v) is 4.69. The van der Waals surface area contributed by atoms with Crippen molar-refractivity contribution in [3.63, 3.8) is 0 Å². The van der Waals surface area contributed by atoms with E-state index in [9.17, 15) is 9.18 Å². The zero-order valence-corrected chi connectivity index (χ0v) is 10.9. The number of nitrogen functional groups attached to an aromatic ring is 1. The Kier molecular flexibility index (Phi) is 4.00. The number of aromatic nitrogens is 3. The molecule has 2 rings (SSSR count). The number of carbonyl (C=O) groups excluding carboxylic acids is 1. The molecule has 0 aliphatic heterocycles. The molecule has 1 heterocycles. The van der Waals surface area contributed by atoms with Crippen molar-refractivity contribution in [2.24, 2.45) is 0 Å². The van der Waals surface area contributed by atoms with Gasteiger partial charge in [-0.05, 0) is 31.2 Å². The molecule has 8 heteroatoms. The zero-order chi connectivity index (χ0) is 13.8. The predicted molar refractivity (Wildman–Crippen MR) is 70.7 cm³/mol. The quantitative estimate of drug-likeness (QED) is 0.649. The van der Waals surface area contributed by atoms with Crippen LogP contribution in [0.3, 0.4) is 0 Å². The zero-order valence-electron chi connectivity index (χ0n) is 10.1. The first kappa shape index (κ1) is 13.3. The first-order valence-electron chi connectivity index (χ1n) is 5.41. The van der Waals surface area contributed by atoms with Gasteiger partial charge >= 0.3 is 0 Å². The molecule has 2 aromatic rings. The van der Waals surface area contributed by atoms with Gasteiger partial charge in [-0.15, -0.1) is 10.2 Å². The Balaban J connectivity index is 1.88. The molecule has 100 valence electrons. The third kappa shape index (κ3) is 3.44. The predicted octanol–water partition coefficient (Wildman–Crippen LogP) is 1.17. The topological polar surface area (TPSA) is 85.8 Å². The van der Waals surface area contributed by atoms with Crippen LogP contribution in [-0.2, 0) is 4.79 Å². The highest BCUT2D eigenvalue weighted by Gasteiger charge is 2.09. The Hall–Kier alpha value is -2.09. The molecular weight excluding hydrogens is 269 g/mol. The van der Waals surface area contributed by atoms with Crippen LogP contribution in [0.15, 0.2) is 29.4 Å². The van der Waals surface area contributed by atoms with E-state index < -0.39 is 0 Å². The average Bonchev–Trinajstić information content (AvgIpc) is 2.70. The molecule has 0 saturated carbocycles. The van der Waals surface area contributed by atoms with E-state index in [2.05, 4.69) is 15.5 Å². The number of amides is 1. The summed E-state index contributed by atoms with van der Waals surface area (Å²) in [4.78, 5) is 11.7. The number of hydrogen-bond acceptors (Lipinski definition) is 5. The summed E-state index contributed by atoms with van der Waals surface area (Å²) in [5, 5.41) is 10.7. The van der Waals surface area contributed by atoms with Crippen LogP contribution in [0.4, 0.5) is 10.1 Å². The monoisotopic (exact) mass is 281 g/mol. The lowest BCUT2D eigenvalue weighted by molar-refractivity contribution is -0.113. The summed E-state index contributed by atoms with van der Waals surface area (Å²) in [6.45, 7) is 1.72. The second-order valence-electron chi connectivity index (χ2n) is 3.74. The Bertz CT molecular complexity index is 583. The number of nitrogens with two attached hydrogens (primary N) is 1. The fraction of sp³-hybridized carbons (Fsp3) is 0.182. The third-order valence-corrected chi connectivity index (χ3v) is 3.24. The lowest BCUT2D eigenvalue weighted by Crippen LogP contribution is -2.16. The molecule has 6 nitrogen and oxygen atoms in total. The number of nitrogens with zero attached hydrogens (tertiary/aromatic N) is 3. The summed E-state index contributed by atoms with van der Waals surface area (Å²) in [5.74, 6) is 5.80. The summed E-state index contributed by atoms with van der Waals surface area (Å²) in [5.41, 5.74) is 0.539. The highest BCUT2D eigenvalue weighted by atomic mass is 32.2. The summed E-state index contributed by atoms with van der Waals surface area (Å²) >= 11 is 1.18. The molecule has 1 aromatic carbocycles. The van der Waals surface area contributed by atoms with E-state index in [0.717, 1.165) is 0 Å². The Morgan fingerprint density at radius 2 is 2.11 bits per heavy atom. The van der Waals surface area contributed by atoms with Crippen molar-refractivity contribution in [2.45, 2.75) is 12.1 Å². The maximum atomic E-state index is 12.7. The Morgan fingerprint density at radius 1 is 1.42 bits per heavy atom. The van der Waals surface area contributed by atoms with Gasteiger partial charge < -0.3 is 11.2 Å². The molecule has 0 aliphatic carbocycles. The van der Waals surface area contributed by atoms with Gasteiger partial charge in [0, 0.05) is 5.69 Å². The van der Waals surface area contributed by atoms with Gasteiger partial charge in [-0.3, -0.25) is 4.79 Å². The molecule has 0 saturated heterocycles. The number of halogens is 1. The SMILES string of the molecule is Cc1nnc(SCC(=O)Nc2ccc(F)cc2)n1N. The van der Waals surface area contributed by atoms with Crippen LogP contribution in [0.1, 0.15) is 5.82 Å². The van der Waals surface area contributed by atoms with Crippen molar-refractivity contribution in [2.75, 3.05) is 16.9 Å². The van der Waals surface area contributed by atoms with Crippen molar-refractivity contribution in [1.82, 2.24) is 14.9 Å². The number of benzene rings is 1. The number of nitrogens with one attached hydrogen (secondary N) is 1. The van der Waals surface area contributed by atoms with Crippen molar-refractivity contribution < 1.29 is 9.18 Å². The Labute approximate surface area is 113 Å². The first-order valence-corrected chi connectivity index (χ1v) is 6.40. The van der Waals surface area contributed by atoms with Gasteiger partial charge in [-0.25, -0.2) is 9.07 Å². The number of hydrogen-bond donors (Lipinski definition) is 2. The number of aryl methyl sites for hydroxylation is 1. The first-order chi connectivity index (χ1) is 9.06. The molecule has 3 N–H and O–H groups in total. The minimum atomic E-state index is -0.348. The van der Waals surface area contributed by atoms with Crippen molar-refractivity contribution in [3.05, 3.63) is 35.9 Å². The average molecular weight is 281 g/mol. The van der Waals surface area contributed by atoms with Crippen LogP contribution in [0.25, 0.3) is 0 Å². The van der Waals surface area contributed by atoms with Crippen molar-refractivity contribution in [1.29, 1.82) is 0 Å². The van der Waals surface area contributed by atoms with Gasteiger partial charge in [0.1, 0.15) is 11.6 Å². The van der Waals surface area contributed by atoms with Gasteiger partial charge in [-0.1, -0.05) is 11.8 Å². The van der Waals surface area contributed by atoms with E-state index in [1.165, 1.54) is 40.7 Å². The molecule has 0 atom stereocenters. The molecule has 0 bridgehead atoms. The largest absolute Gasteiger partial charge is 0.336 e. The molecule has 1 aromatic heterocycles. The maximum Gasteiger partial charge on any atom is 0.234 e. The maximum absolute atomic E-state index is 12.7. The summed E-state index contributed by atoms with van der Waals surface area (Å²) < 4.78 is 14.0. The molecule has 19 heavy (non-hydrogen) atoms. The van der Waals surface area contributed by atoms with E-state index in [0.29, 0.717) is 16.7 Å². The van der Waals surface area contributed by atoms with Crippen LogP contribution in [-0.4, -0.2) is 26.5 Å². The van der Waals surface area contributed by atoms with Crippen molar-refractivity contribution in [3.8, 4) is 0 Å². The lowest BCUT2D eigenvalue weighted by Gasteiger charge is -2.04. The third-order valence-electron chi connectivity index (χ3n) is 2.30. The van der Waals surface area contributed by atoms with Gasteiger partial charge in [-0.2, -0.15) is 0 Å². The highest BCUT2D eigenvalue weighted by molar-refractivity contribution is 7.99. The van der Waals surface area contributed by atoms with Gasteiger partial charge in [0.2, 0.25) is 11.1 Å². The van der Waals surface area contributed by atoms with Gasteiger partial charge in [0.15, 0.2) is 0 Å². The molecule has 0 aliphatic rings. The van der Waals surface area contributed by atoms with E-state index >= 15 is 0 Å². The molecule has 0 unspecified atom stereocenters. The molecular formula is C11H12FN5OS. The number of carbonyl (C=O) groups is 1. The van der Waals surface area contributed by atoms with Gasteiger partial charge in [0.05, 0.1) is 5.75 Å². The van der Waals surface area contributed by atoms with Crippen LogP contribution >= 0.6 is 11.8 Å². The highest BCUT2D eigenvalue weighted by Crippen LogP contribution is 2.15. The number of anilines is 1. The standard InChI is InChI=1S/C11H12FN5OS/c1-7-15-16-11(17(7)13)19-6-10(18)14-9-4-2-8(12)3-5-9/h2-5H,6,13H2,1H3,(H,14,18). The van der Waals surface area contributed by atoms with E-state index in [-0.39, 0.29) is 17.5 Å². The molecule has 0 fully saturated rings. The second kappa shape index (κ2) is 5.70. The minimum Gasteiger partial charge on any atom is -0.336 e.